The fourth-order valence-corrected chi connectivity index (χ4v) is 4.37. The van der Waals surface area contributed by atoms with Gasteiger partial charge < -0.3 is 15.4 Å². The predicted octanol–water partition coefficient (Wildman–Crippen LogP) is 5.41. The Labute approximate surface area is 198 Å². The van der Waals surface area contributed by atoms with Crippen molar-refractivity contribution in [1.29, 1.82) is 0 Å². The van der Waals surface area contributed by atoms with Crippen molar-refractivity contribution in [3.05, 3.63) is 70.9 Å². The second-order valence-electron chi connectivity index (χ2n) is 7.90. The van der Waals surface area contributed by atoms with E-state index in [9.17, 15) is 4.79 Å². The van der Waals surface area contributed by atoms with Crippen LogP contribution in [0.1, 0.15) is 44.4 Å². The first-order valence-electron chi connectivity index (χ1n) is 11.2. The smallest absolute Gasteiger partial charge is 0.255 e. The fourth-order valence-electron chi connectivity index (χ4n) is 3.81. The average molecular weight is 464 g/mol. The molecular formula is C25H29N5O2S. The lowest BCUT2D eigenvalue weighted by atomic mass is 9.95. The molecule has 0 radical (unpaired) electrons. The molecule has 2 heterocycles. The van der Waals surface area contributed by atoms with Gasteiger partial charge in [0.2, 0.25) is 11.1 Å². The molecule has 0 aliphatic carbocycles. The lowest BCUT2D eigenvalue weighted by Crippen LogP contribution is -2.31. The van der Waals surface area contributed by atoms with Crippen LogP contribution >= 0.6 is 11.8 Å². The quantitative estimate of drug-likeness (QED) is 0.435. The van der Waals surface area contributed by atoms with Crippen LogP contribution in [-0.4, -0.2) is 33.0 Å². The number of ether oxygens (including phenoxy) is 1. The van der Waals surface area contributed by atoms with E-state index in [0.717, 1.165) is 40.4 Å². The summed E-state index contributed by atoms with van der Waals surface area (Å²) in [7, 11) is 0. The van der Waals surface area contributed by atoms with Crippen LogP contribution in [0.5, 0.6) is 5.75 Å². The molecular weight excluding hydrogens is 434 g/mol. The molecule has 0 saturated carbocycles. The average Bonchev–Trinajstić information content (AvgIpc) is 3.19. The maximum absolute atomic E-state index is 13.5. The van der Waals surface area contributed by atoms with E-state index < -0.39 is 6.04 Å². The zero-order chi connectivity index (χ0) is 23.4. The lowest BCUT2D eigenvalue weighted by molar-refractivity contribution is -0.113. The van der Waals surface area contributed by atoms with Crippen molar-refractivity contribution in [3.8, 4) is 5.75 Å². The Morgan fingerprint density at radius 3 is 2.67 bits per heavy atom. The summed E-state index contributed by atoms with van der Waals surface area (Å²) in [5.74, 6) is 2.13. The molecule has 2 aromatic carbocycles. The number of allylic oxidation sites excluding steroid dienone is 1. The van der Waals surface area contributed by atoms with Crippen molar-refractivity contribution in [2.45, 2.75) is 45.3 Å². The first-order valence-corrected chi connectivity index (χ1v) is 12.2. The molecule has 4 rings (SSSR count). The summed E-state index contributed by atoms with van der Waals surface area (Å²) in [5, 5.41) is 11.7. The van der Waals surface area contributed by atoms with Crippen molar-refractivity contribution in [3.63, 3.8) is 0 Å². The Morgan fingerprint density at radius 2 is 1.97 bits per heavy atom. The Kier molecular flexibility index (Phi) is 7.03. The maximum Gasteiger partial charge on any atom is 0.255 e. The highest BCUT2D eigenvalue weighted by Crippen LogP contribution is 2.37. The zero-order valence-electron chi connectivity index (χ0n) is 19.4. The minimum atomic E-state index is -0.412. The maximum atomic E-state index is 13.5. The van der Waals surface area contributed by atoms with Crippen LogP contribution in [0.3, 0.4) is 0 Å². The van der Waals surface area contributed by atoms with E-state index in [1.807, 2.05) is 62.4 Å². The molecule has 1 atom stereocenters. The summed E-state index contributed by atoms with van der Waals surface area (Å²) >= 11 is 1.57. The van der Waals surface area contributed by atoms with E-state index >= 15 is 0 Å². The first kappa shape index (κ1) is 22.9. The summed E-state index contributed by atoms with van der Waals surface area (Å²) in [6.45, 7) is 8.72. The molecule has 1 amide bonds. The molecule has 33 heavy (non-hydrogen) atoms. The van der Waals surface area contributed by atoms with Crippen LogP contribution in [0.15, 0.2) is 65.0 Å². The molecule has 8 heteroatoms. The summed E-state index contributed by atoms with van der Waals surface area (Å²) in [6.07, 6.45) is 0.946. The Morgan fingerprint density at radius 1 is 1.18 bits per heavy atom. The SMILES string of the molecule is CCCOc1ccc(C2C(C(=O)Nc3cccc(C)c3)=C(C)Nc3nc(SCC)nn32)cc1. The number of fused-ring (bicyclic) bond motifs is 1. The van der Waals surface area contributed by atoms with Crippen LogP contribution < -0.4 is 15.4 Å². The van der Waals surface area contributed by atoms with E-state index in [-0.39, 0.29) is 5.91 Å². The first-order chi connectivity index (χ1) is 16.0. The molecule has 0 spiro atoms. The van der Waals surface area contributed by atoms with E-state index in [4.69, 9.17) is 9.84 Å². The number of benzene rings is 2. The highest BCUT2D eigenvalue weighted by molar-refractivity contribution is 7.99. The van der Waals surface area contributed by atoms with Crippen molar-refractivity contribution < 1.29 is 9.53 Å². The zero-order valence-corrected chi connectivity index (χ0v) is 20.2. The number of nitrogens with zero attached hydrogens (tertiary/aromatic N) is 3. The number of hydrogen-bond acceptors (Lipinski definition) is 6. The normalized spacial score (nSPS) is 15.1. The van der Waals surface area contributed by atoms with Crippen LogP contribution in [0.4, 0.5) is 11.6 Å². The summed E-state index contributed by atoms with van der Waals surface area (Å²) < 4.78 is 7.55. The lowest BCUT2D eigenvalue weighted by Gasteiger charge is -2.28. The number of aromatic nitrogens is 3. The monoisotopic (exact) mass is 463 g/mol. The second-order valence-corrected chi connectivity index (χ2v) is 9.13. The third-order valence-corrected chi connectivity index (χ3v) is 6.02. The van der Waals surface area contributed by atoms with Gasteiger partial charge in [0.1, 0.15) is 11.8 Å². The Balaban J connectivity index is 1.73. The molecule has 1 aliphatic rings. The van der Waals surface area contributed by atoms with Crippen LogP contribution in [0.2, 0.25) is 0 Å². The third-order valence-electron chi connectivity index (χ3n) is 5.30. The summed E-state index contributed by atoms with van der Waals surface area (Å²) in [4.78, 5) is 18.2. The molecule has 172 valence electrons. The Hall–Kier alpha value is -3.26. The number of carbonyl (C=O) groups is 1. The van der Waals surface area contributed by atoms with E-state index in [1.165, 1.54) is 0 Å². The molecule has 7 nitrogen and oxygen atoms in total. The largest absolute Gasteiger partial charge is 0.494 e. The number of thioether (sulfide) groups is 1. The predicted molar refractivity (Wildman–Crippen MR) is 133 cm³/mol. The fraction of sp³-hybridized carbons (Fsp3) is 0.320. The number of amides is 1. The van der Waals surface area contributed by atoms with Crippen LogP contribution in [-0.2, 0) is 4.79 Å². The van der Waals surface area contributed by atoms with E-state index in [1.54, 1.807) is 16.4 Å². The van der Waals surface area contributed by atoms with Gasteiger partial charge in [0.15, 0.2) is 0 Å². The molecule has 0 saturated heterocycles. The molecule has 0 bridgehead atoms. The molecule has 1 unspecified atom stereocenters. The van der Waals surface area contributed by atoms with Gasteiger partial charge in [0, 0.05) is 11.4 Å². The number of anilines is 2. The van der Waals surface area contributed by atoms with Crippen molar-refractivity contribution in [2.75, 3.05) is 23.0 Å². The molecule has 2 N–H and O–H groups in total. The van der Waals surface area contributed by atoms with Crippen molar-refractivity contribution in [1.82, 2.24) is 14.8 Å². The van der Waals surface area contributed by atoms with Crippen LogP contribution in [0.25, 0.3) is 0 Å². The van der Waals surface area contributed by atoms with Gasteiger partial charge in [0.25, 0.3) is 5.91 Å². The number of rotatable bonds is 8. The van der Waals surface area contributed by atoms with E-state index in [2.05, 4.69) is 29.5 Å². The number of hydrogen-bond donors (Lipinski definition) is 2. The second kappa shape index (κ2) is 10.1. The Bertz CT molecular complexity index is 1170. The highest BCUT2D eigenvalue weighted by atomic mass is 32.2. The van der Waals surface area contributed by atoms with Crippen LogP contribution in [0, 0.1) is 6.92 Å². The number of aryl methyl sites for hydroxylation is 1. The molecule has 1 aliphatic heterocycles. The minimum Gasteiger partial charge on any atom is -0.494 e. The number of nitrogens with one attached hydrogen (secondary N) is 2. The van der Waals surface area contributed by atoms with Gasteiger partial charge in [-0.15, -0.1) is 5.10 Å². The highest BCUT2D eigenvalue weighted by Gasteiger charge is 2.34. The standard InChI is InChI=1S/C25H29N5O2S/c1-5-14-32-20-12-10-18(11-13-20)22-21(23(31)27-19-9-7-8-16(3)15-19)17(4)26-24-28-25(33-6-2)29-30(22)24/h7-13,15,22H,5-6,14H2,1-4H3,(H,27,31)(H,26,28,29). The van der Waals surface area contributed by atoms with Gasteiger partial charge in [-0.1, -0.05) is 49.9 Å². The van der Waals surface area contributed by atoms with Gasteiger partial charge in [-0.05, 0) is 61.4 Å². The number of carbonyl (C=O) groups excluding carboxylic acids is 1. The molecule has 0 fully saturated rings. The third kappa shape index (κ3) is 5.06. The minimum absolute atomic E-state index is 0.173. The van der Waals surface area contributed by atoms with Gasteiger partial charge in [-0.25, -0.2) is 4.68 Å². The van der Waals surface area contributed by atoms with Gasteiger partial charge in [-0.2, -0.15) is 4.98 Å². The van der Waals surface area contributed by atoms with Crippen molar-refractivity contribution in [2.24, 2.45) is 0 Å². The van der Waals surface area contributed by atoms with Gasteiger partial charge in [0.05, 0.1) is 12.2 Å². The summed E-state index contributed by atoms with van der Waals surface area (Å²) in [6, 6.07) is 15.2. The van der Waals surface area contributed by atoms with E-state index in [0.29, 0.717) is 23.3 Å². The summed E-state index contributed by atoms with van der Waals surface area (Å²) in [5.41, 5.74) is 4.13. The topological polar surface area (TPSA) is 81.1 Å². The van der Waals surface area contributed by atoms with Gasteiger partial charge >= 0.3 is 0 Å². The van der Waals surface area contributed by atoms with Gasteiger partial charge in [-0.3, -0.25) is 4.79 Å². The molecule has 1 aromatic heterocycles. The molecule has 3 aromatic rings. The van der Waals surface area contributed by atoms with Crippen molar-refractivity contribution >= 4 is 29.3 Å².